The van der Waals surface area contributed by atoms with E-state index in [9.17, 15) is 4.39 Å². The molecule has 0 bridgehead atoms. The van der Waals surface area contributed by atoms with Crippen molar-refractivity contribution in [3.63, 3.8) is 0 Å². The molecule has 2 aromatic heterocycles. The second-order valence-electron chi connectivity index (χ2n) is 4.93. The van der Waals surface area contributed by atoms with Gasteiger partial charge in [0.25, 0.3) is 0 Å². The van der Waals surface area contributed by atoms with Gasteiger partial charge in [0, 0.05) is 24.6 Å². The number of nitrogens with zero attached hydrogens (tertiary/aromatic N) is 4. The molecule has 0 amide bonds. The second-order valence-corrected chi connectivity index (χ2v) is 4.93. The number of hydrogen-bond acceptors (Lipinski definition) is 5. The van der Waals surface area contributed by atoms with Gasteiger partial charge in [-0.2, -0.15) is 0 Å². The number of rotatable bonds is 2. The van der Waals surface area contributed by atoms with Crippen LogP contribution < -0.4 is 16.2 Å². The standard InChI is InChI=1S/C14H13FN6/c15-10-2-1-9-3-5-21(11(9)7-10)14-13-17-4-6-20(13)8-12(18-14)19-16/h1-2,4,6-8,19H,3,5,16H2. The zero-order valence-electron chi connectivity index (χ0n) is 11.1. The van der Waals surface area contributed by atoms with Gasteiger partial charge in [0.1, 0.15) is 5.82 Å². The van der Waals surface area contributed by atoms with Crippen molar-refractivity contribution in [2.75, 3.05) is 16.9 Å². The SMILES string of the molecule is NNc1cn2ccnc2c(N2CCc3ccc(F)cc32)n1. The quantitative estimate of drug-likeness (QED) is 0.555. The highest BCUT2D eigenvalue weighted by Crippen LogP contribution is 2.36. The van der Waals surface area contributed by atoms with E-state index in [4.69, 9.17) is 5.84 Å². The molecule has 1 aromatic carbocycles. The van der Waals surface area contributed by atoms with Crippen LogP contribution in [0.25, 0.3) is 5.65 Å². The van der Waals surface area contributed by atoms with Gasteiger partial charge in [-0.1, -0.05) is 6.07 Å². The van der Waals surface area contributed by atoms with Crippen LogP contribution in [-0.2, 0) is 6.42 Å². The van der Waals surface area contributed by atoms with Crippen molar-refractivity contribution in [1.29, 1.82) is 0 Å². The summed E-state index contributed by atoms with van der Waals surface area (Å²) in [6.07, 6.45) is 6.13. The zero-order valence-corrected chi connectivity index (χ0v) is 11.1. The molecule has 7 heteroatoms. The van der Waals surface area contributed by atoms with E-state index in [0.717, 1.165) is 24.2 Å². The van der Waals surface area contributed by atoms with E-state index in [2.05, 4.69) is 15.4 Å². The molecule has 0 radical (unpaired) electrons. The normalized spacial score (nSPS) is 13.7. The number of hydrogen-bond donors (Lipinski definition) is 2. The molecule has 0 aliphatic carbocycles. The van der Waals surface area contributed by atoms with Gasteiger partial charge in [-0.3, -0.25) is 0 Å². The summed E-state index contributed by atoms with van der Waals surface area (Å²) in [6.45, 7) is 0.738. The number of nitrogens with two attached hydrogens (primary N) is 1. The third-order valence-electron chi connectivity index (χ3n) is 3.70. The predicted octanol–water partition coefficient (Wildman–Crippen LogP) is 1.85. The number of fused-ring (bicyclic) bond motifs is 2. The summed E-state index contributed by atoms with van der Waals surface area (Å²) < 4.78 is 15.4. The maximum Gasteiger partial charge on any atom is 0.180 e. The molecule has 0 atom stereocenters. The Kier molecular flexibility index (Phi) is 2.55. The topological polar surface area (TPSA) is 71.5 Å². The molecule has 1 aliphatic heterocycles. The monoisotopic (exact) mass is 284 g/mol. The molecule has 3 N–H and O–H groups in total. The van der Waals surface area contributed by atoms with E-state index in [1.807, 2.05) is 21.6 Å². The van der Waals surface area contributed by atoms with Gasteiger partial charge in [-0.15, -0.1) is 0 Å². The minimum atomic E-state index is -0.256. The number of hydrazine groups is 1. The summed E-state index contributed by atoms with van der Waals surface area (Å²) in [5, 5.41) is 0. The molecular weight excluding hydrogens is 271 g/mol. The maximum atomic E-state index is 13.6. The minimum Gasteiger partial charge on any atom is -0.323 e. The largest absolute Gasteiger partial charge is 0.323 e. The van der Waals surface area contributed by atoms with Gasteiger partial charge in [-0.05, 0) is 24.1 Å². The Morgan fingerprint density at radius 3 is 3.10 bits per heavy atom. The second kappa shape index (κ2) is 4.42. The lowest BCUT2D eigenvalue weighted by atomic mass is 10.2. The molecule has 3 heterocycles. The molecule has 4 rings (SSSR count). The van der Waals surface area contributed by atoms with Gasteiger partial charge >= 0.3 is 0 Å². The molecule has 0 spiro atoms. The molecule has 0 saturated carbocycles. The van der Waals surface area contributed by atoms with Crippen LogP contribution in [0.3, 0.4) is 0 Å². The van der Waals surface area contributed by atoms with E-state index >= 15 is 0 Å². The van der Waals surface area contributed by atoms with E-state index < -0.39 is 0 Å². The van der Waals surface area contributed by atoms with Gasteiger partial charge < -0.3 is 14.7 Å². The first-order valence-electron chi connectivity index (χ1n) is 6.62. The lowest BCUT2D eigenvalue weighted by Gasteiger charge is -2.19. The van der Waals surface area contributed by atoms with Crippen LogP contribution in [0.15, 0.2) is 36.8 Å². The van der Waals surface area contributed by atoms with Gasteiger partial charge in [-0.25, -0.2) is 20.2 Å². The summed E-state index contributed by atoms with van der Waals surface area (Å²) in [7, 11) is 0. The van der Waals surface area contributed by atoms with Crippen LogP contribution in [0.5, 0.6) is 0 Å². The van der Waals surface area contributed by atoms with Crippen molar-refractivity contribution in [3.05, 3.63) is 48.2 Å². The number of anilines is 3. The Bertz CT molecular complexity index is 827. The molecule has 0 fully saturated rings. The highest BCUT2D eigenvalue weighted by atomic mass is 19.1. The van der Waals surface area contributed by atoms with E-state index in [0.29, 0.717) is 17.3 Å². The molecule has 6 nitrogen and oxygen atoms in total. The van der Waals surface area contributed by atoms with Crippen LogP contribution in [0.2, 0.25) is 0 Å². The lowest BCUT2D eigenvalue weighted by molar-refractivity contribution is 0.628. The Balaban J connectivity index is 1.92. The summed E-state index contributed by atoms with van der Waals surface area (Å²) in [4.78, 5) is 10.8. The van der Waals surface area contributed by atoms with Crippen molar-refractivity contribution < 1.29 is 4.39 Å². The molecule has 3 aromatic rings. The van der Waals surface area contributed by atoms with Gasteiger partial charge in [0.15, 0.2) is 17.3 Å². The smallest absolute Gasteiger partial charge is 0.180 e. The Hall–Kier alpha value is -2.67. The summed E-state index contributed by atoms with van der Waals surface area (Å²) in [5.74, 6) is 6.41. The van der Waals surface area contributed by atoms with Crippen molar-refractivity contribution >= 4 is 23.0 Å². The highest BCUT2D eigenvalue weighted by Gasteiger charge is 2.24. The van der Waals surface area contributed by atoms with Crippen LogP contribution in [-0.4, -0.2) is 20.9 Å². The van der Waals surface area contributed by atoms with E-state index in [1.54, 1.807) is 12.4 Å². The van der Waals surface area contributed by atoms with Crippen LogP contribution >= 0.6 is 0 Å². The van der Waals surface area contributed by atoms with Crippen LogP contribution in [0.4, 0.5) is 21.7 Å². The lowest BCUT2D eigenvalue weighted by Crippen LogP contribution is -2.18. The first kappa shape index (κ1) is 12.1. The molecule has 0 saturated heterocycles. The van der Waals surface area contributed by atoms with Crippen LogP contribution in [0.1, 0.15) is 5.56 Å². The van der Waals surface area contributed by atoms with E-state index in [-0.39, 0.29) is 5.82 Å². The zero-order chi connectivity index (χ0) is 14.4. The van der Waals surface area contributed by atoms with Crippen molar-refractivity contribution in [3.8, 4) is 0 Å². The molecule has 106 valence electrons. The Labute approximate surface area is 120 Å². The fourth-order valence-electron chi connectivity index (χ4n) is 2.74. The molecule has 0 unspecified atom stereocenters. The van der Waals surface area contributed by atoms with Gasteiger partial charge in [0.05, 0.1) is 6.20 Å². The first-order valence-corrected chi connectivity index (χ1v) is 6.62. The molecule has 1 aliphatic rings. The Morgan fingerprint density at radius 1 is 1.33 bits per heavy atom. The molecule has 21 heavy (non-hydrogen) atoms. The maximum absolute atomic E-state index is 13.6. The predicted molar refractivity (Wildman–Crippen MR) is 77.9 cm³/mol. The number of nitrogens with one attached hydrogen (secondary N) is 1. The fraction of sp³-hybridized carbons (Fsp3) is 0.143. The van der Waals surface area contributed by atoms with Gasteiger partial charge in [0.2, 0.25) is 0 Å². The van der Waals surface area contributed by atoms with E-state index in [1.165, 1.54) is 12.1 Å². The minimum absolute atomic E-state index is 0.256. The number of imidazole rings is 1. The number of benzene rings is 1. The average molecular weight is 284 g/mol. The van der Waals surface area contributed by atoms with Crippen molar-refractivity contribution in [2.24, 2.45) is 5.84 Å². The average Bonchev–Trinajstić information content (AvgIpc) is 3.11. The summed E-state index contributed by atoms with van der Waals surface area (Å²) >= 11 is 0. The van der Waals surface area contributed by atoms with Crippen molar-refractivity contribution in [2.45, 2.75) is 6.42 Å². The van der Waals surface area contributed by atoms with Crippen molar-refractivity contribution in [1.82, 2.24) is 14.4 Å². The third-order valence-corrected chi connectivity index (χ3v) is 3.70. The number of nitrogen functional groups attached to an aromatic ring is 1. The highest BCUT2D eigenvalue weighted by molar-refractivity contribution is 5.77. The third kappa shape index (κ3) is 1.82. The first-order chi connectivity index (χ1) is 10.3. The number of halogens is 1. The number of aromatic nitrogens is 3. The fourth-order valence-corrected chi connectivity index (χ4v) is 2.74. The molecular formula is C14H13FN6. The summed E-state index contributed by atoms with van der Waals surface area (Å²) in [6, 6.07) is 4.84. The summed E-state index contributed by atoms with van der Waals surface area (Å²) in [5.41, 5.74) is 5.20. The van der Waals surface area contributed by atoms with Crippen LogP contribution in [0, 0.1) is 5.82 Å². The Morgan fingerprint density at radius 2 is 2.24 bits per heavy atom.